The summed E-state index contributed by atoms with van der Waals surface area (Å²) in [6.45, 7) is 12.5. The van der Waals surface area contributed by atoms with Crippen LogP contribution in [0.3, 0.4) is 0 Å². The van der Waals surface area contributed by atoms with E-state index in [-0.39, 0.29) is 11.3 Å². The molecular formula is C36H54N2O2S. The molecule has 0 aromatic heterocycles. The zero-order valence-electron chi connectivity index (χ0n) is 26.4. The molecule has 1 heterocycles. The van der Waals surface area contributed by atoms with Crippen molar-refractivity contribution in [2.75, 3.05) is 17.8 Å². The zero-order valence-corrected chi connectivity index (χ0v) is 27.2. The number of ether oxygens (including phenoxy) is 1. The quantitative estimate of drug-likeness (QED) is 0.179. The number of anilines is 1. The number of carbonyl (C=O) groups is 1. The van der Waals surface area contributed by atoms with Gasteiger partial charge in [0.05, 0.1) is 18.2 Å². The first kappa shape index (κ1) is 33.1. The topological polar surface area (TPSA) is 41.6 Å². The molecule has 1 aliphatic heterocycles. The van der Waals surface area contributed by atoms with Gasteiger partial charge in [-0.3, -0.25) is 4.79 Å². The number of para-hydroxylation sites is 1. The Morgan fingerprint density at radius 3 is 2.15 bits per heavy atom. The average Bonchev–Trinajstić information content (AvgIpc) is 3.35. The highest BCUT2D eigenvalue weighted by Crippen LogP contribution is 2.37. The van der Waals surface area contributed by atoms with Crippen LogP contribution < -0.4 is 10.1 Å². The second kappa shape index (κ2) is 17.5. The molecule has 1 amide bonds. The number of hydrogen-bond donors (Lipinski definition) is 1. The van der Waals surface area contributed by atoms with Crippen molar-refractivity contribution in [3.05, 3.63) is 70.3 Å². The molecule has 0 saturated heterocycles. The lowest BCUT2D eigenvalue weighted by atomic mass is 9.86. The van der Waals surface area contributed by atoms with Crippen molar-refractivity contribution in [1.82, 2.24) is 4.90 Å². The van der Waals surface area contributed by atoms with Gasteiger partial charge in [0.2, 0.25) is 0 Å². The number of rotatable bonds is 18. The maximum Gasteiger partial charge on any atom is 0.255 e. The van der Waals surface area contributed by atoms with Crippen molar-refractivity contribution in [1.29, 1.82) is 0 Å². The summed E-state index contributed by atoms with van der Waals surface area (Å²) in [6.07, 6.45) is 15.9. The van der Waals surface area contributed by atoms with E-state index in [1.54, 1.807) is 0 Å². The van der Waals surface area contributed by atoms with E-state index in [4.69, 9.17) is 4.74 Å². The van der Waals surface area contributed by atoms with Crippen LogP contribution in [0.1, 0.15) is 133 Å². The molecule has 0 saturated carbocycles. The minimum Gasteiger partial charge on any atom is -0.491 e. The van der Waals surface area contributed by atoms with Crippen LogP contribution in [0.15, 0.2) is 53.6 Å². The number of benzene rings is 2. The highest BCUT2D eigenvalue weighted by atomic mass is 32.2. The normalized spacial score (nSPS) is 13.4. The molecule has 1 aliphatic rings. The SMILES string of the molecule is CCCCCCCCCCCCCCOc1c(NC(=O)c2cccc(CN3CSC=C3C)c2)cccc1C(C)(C)C. The van der Waals surface area contributed by atoms with Gasteiger partial charge >= 0.3 is 0 Å². The zero-order chi connectivity index (χ0) is 29.5. The average molecular weight is 579 g/mol. The van der Waals surface area contributed by atoms with Gasteiger partial charge in [-0.1, -0.05) is 123 Å². The van der Waals surface area contributed by atoms with Crippen LogP contribution in [0.2, 0.25) is 0 Å². The third-order valence-corrected chi connectivity index (χ3v) is 8.83. The summed E-state index contributed by atoms with van der Waals surface area (Å²) in [5.74, 6) is 1.67. The largest absolute Gasteiger partial charge is 0.491 e. The van der Waals surface area contributed by atoms with Crippen LogP contribution >= 0.6 is 11.8 Å². The lowest BCUT2D eigenvalue weighted by Crippen LogP contribution is -2.19. The van der Waals surface area contributed by atoms with E-state index in [1.807, 2.05) is 42.1 Å². The fraction of sp³-hybridized carbons (Fsp3) is 0.583. The molecular weight excluding hydrogens is 524 g/mol. The summed E-state index contributed by atoms with van der Waals surface area (Å²) in [6, 6.07) is 14.1. The van der Waals surface area contributed by atoms with E-state index >= 15 is 0 Å². The van der Waals surface area contributed by atoms with E-state index in [9.17, 15) is 4.79 Å². The smallest absolute Gasteiger partial charge is 0.255 e. The molecule has 4 nitrogen and oxygen atoms in total. The van der Waals surface area contributed by atoms with Crippen LogP contribution in [-0.4, -0.2) is 23.3 Å². The van der Waals surface area contributed by atoms with Gasteiger partial charge in [0.15, 0.2) is 0 Å². The number of unbranched alkanes of at least 4 members (excludes halogenated alkanes) is 11. The molecule has 41 heavy (non-hydrogen) atoms. The van der Waals surface area contributed by atoms with E-state index in [0.717, 1.165) is 41.4 Å². The molecule has 0 unspecified atom stereocenters. The third-order valence-electron chi connectivity index (χ3n) is 7.86. The minimum atomic E-state index is -0.101. The molecule has 0 radical (unpaired) electrons. The number of hydrogen-bond acceptors (Lipinski definition) is 4. The van der Waals surface area contributed by atoms with Crippen LogP contribution in [0.5, 0.6) is 5.75 Å². The van der Waals surface area contributed by atoms with Crippen molar-refractivity contribution in [3.63, 3.8) is 0 Å². The van der Waals surface area contributed by atoms with Crippen molar-refractivity contribution in [3.8, 4) is 5.75 Å². The van der Waals surface area contributed by atoms with Gasteiger partial charge in [0.1, 0.15) is 5.75 Å². The lowest BCUT2D eigenvalue weighted by Gasteiger charge is -2.25. The molecule has 0 aliphatic carbocycles. The minimum absolute atomic E-state index is 0.0916. The second-order valence-corrected chi connectivity index (χ2v) is 13.4. The fourth-order valence-corrected chi connectivity index (χ4v) is 6.26. The number of amides is 1. The van der Waals surface area contributed by atoms with Crippen molar-refractivity contribution in [2.24, 2.45) is 0 Å². The first-order chi connectivity index (χ1) is 19.8. The number of carbonyl (C=O) groups excluding carboxylic acids is 1. The Hall–Kier alpha value is -2.40. The number of nitrogens with one attached hydrogen (secondary N) is 1. The first-order valence-electron chi connectivity index (χ1n) is 16.0. The molecule has 3 rings (SSSR count). The third kappa shape index (κ3) is 11.4. The Bertz CT molecular complexity index is 1100. The molecule has 0 fully saturated rings. The highest BCUT2D eigenvalue weighted by Gasteiger charge is 2.23. The Labute approximate surface area is 254 Å². The van der Waals surface area contributed by atoms with Gasteiger partial charge < -0.3 is 15.0 Å². The lowest BCUT2D eigenvalue weighted by molar-refractivity contribution is 0.102. The van der Waals surface area contributed by atoms with E-state index < -0.39 is 0 Å². The van der Waals surface area contributed by atoms with Crippen LogP contribution in [0.4, 0.5) is 5.69 Å². The van der Waals surface area contributed by atoms with Gasteiger partial charge in [-0.15, -0.1) is 11.8 Å². The standard InChI is InChI=1S/C36H54N2O2S/c1-6-7-8-9-10-11-12-13-14-15-16-17-24-40-34-32(36(3,4)5)22-19-23-33(34)37-35(39)31-21-18-20-30(25-31)26-38-28-41-27-29(38)2/h18-23,25,27H,6-17,24,26,28H2,1-5H3,(H,37,39). The van der Waals surface area contributed by atoms with Gasteiger partial charge in [-0.05, 0) is 47.9 Å². The van der Waals surface area contributed by atoms with Crippen LogP contribution in [0, 0.1) is 0 Å². The Morgan fingerprint density at radius 1 is 0.902 bits per heavy atom. The van der Waals surface area contributed by atoms with E-state index in [0.29, 0.717) is 12.2 Å². The molecule has 0 atom stereocenters. The van der Waals surface area contributed by atoms with E-state index in [1.165, 1.54) is 76.3 Å². The molecule has 226 valence electrons. The maximum absolute atomic E-state index is 13.4. The predicted octanol–water partition coefficient (Wildman–Crippen LogP) is 10.7. The van der Waals surface area contributed by atoms with Gasteiger partial charge in [-0.25, -0.2) is 0 Å². The summed E-state index contributed by atoms with van der Waals surface area (Å²) >= 11 is 1.81. The first-order valence-corrected chi connectivity index (χ1v) is 17.0. The predicted molar refractivity (Wildman–Crippen MR) is 178 cm³/mol. The van der Waals surface area contributed by atoms with Crippen molar-refractivity contribution in [2.45, 2.75) is 124 Å². The molecule has 0 spiro atoms. The number of allylic oxidation sites excluding steroid dienone is 1. The molecule has 1 N–H and O–H groups in total. The highest BCUT2D eigenvalue weighted by molar-refractivity contribution is 8.02. The summed E-state index contributed by atoms with van der Waals surface area (Å²) < 4.78 is 6.42. The molecule has 0 bridgehead atoms. The van der Waals surface area contributed by atoms with Gasteiger partial charge in [0.25, 0.3) is 5.91 Å². The fourth-order valence-electron chi connectivity index (χ4n) is 5.32. The summed E-state index contributed by atoms with van der Waals surface area (Å²) in [5, 5.41) is 5.36. The van der Waals surface area contributed by atoms with Gasteiger partial charge in [-0.2, -0.15) is 0 Å². The maximum atomic E-state index is 13.4. The number of nitrogens with zero attached hydrogens (tertiary/aromatic N) is 1. The summed E-state index contributed by atoms with van der Waals surface area (Å²) in [5.41, 5.74) is 4.87. The second-order valence-electron chi connectivity index (χ2n) is 12.6. The van der Waals surface area contributed by atoms with Crippen LogP contribution in [-0.2, 0) is 12.0 Å². The Morgan fingerprint density at radius 2 is 1.54 bits per heavy atom. The van der Waals surface area contributed by atoms with Crippen LogP contribution in [0.25, 0.3) is 0 Å². The molecule has 5 heteroatoms. The number of thioether (sulfide) groups is 1. The Balaban J connectivity index is 1.51. The van der Waals surface area contributed by atoms with Crippen molar-refractivity contribution >= 4 is 23.4 Å². The van der Waals surface area contributed by atoms with E-state index in [2.05, 4.69) is 62.4 Å². The van der Waals surface area contributed by atoms with Crippen molar-refractivity contribution < 1.29 is 9.53 Å². The molecule has 2 aromatic carbocycles. The Kier molecular flexibility index (Phi) is 14.2. The molecule has 2 aromatic rings. The summed E-state index contributed by atoms with van der Waals surface area (Å²) in [7, 11) is 0. The summed E-state index contributed by atoms with van der Waals surface area (Å²) in [4.78, 5) is 15.7. The van der Waals surface area contributed by atoms with Gasteiger partial charge in [0, 0.05) is 23.4 Å². The monoisotopic (exact) mass is 578 g/mol.